The highest BCUT2D eigenvalue weighted by atomic mass is 79.9. The molecule has 37 heavy (non-hydrogen) atoms. The summed E-state index contributed by atoms with van der Waals surface area (Å²) in [6, 6.07) is 10.9. The van der Waals surface area contributed by atoms with Gasteiger partial charge in [-0.25, -0.2) is 15.0 Å². The van der Waals surface area contributed by atoms with Gasteiger partial charge in [-0.2, -0.15) is 0 Å². The van der Waals surface area contributed by atoms with E-state index in [0.717, 1.165) is 46.6 Å². The molecule has 0 unspecified atom stereocenters. The lowest BCUT2D eigenvalue weighted by molar-refractivity contribution is -0.132. The summed E-state index contributed by atoms with van der Waals surface area (Å²) in [5, 5.41) is 1.17. The molecule has 1 amide bonds. The number of pyridine rings is 1. The van der Waals surface area contributed by atoms with E-state index in [1.54, 1.807) is 23.9 Å². The molecule has 1 saturated carbocycles. The molecule has 3 aromatic heterocycles. The van der Waals surface area contributed by atoms with Crippen LogP contribution in [0.2, 0.25) is 0 Å². The van der Waals surface area contributed by atoms with Crippen LogP contribution in [0, 0.1) is 0 Å². The minimum absolute atomic E-state index is 0.101. The summed E-state index contributed by atoms with van der Waals surface area (Å²) in [5.74, 6) is 1.20. The molecule has 0 atom stereocenters. The number of nitrogens with zero attached hydrogens (tertiary/aromatic N) is 5. The molecule has 8 heteroatoms. The SMILES string of the molecule is CC(C)(C)c1cc(-c2nc(C3CCN(C(=O)Cn4cnc5cccnc54)CC3)sc2Br)cc(C2CC2)c1. The number of imidazole rings is 1. The van der Waals surface area contributed by atoms with Gasteiger partial charge in [0.05, 0.1) is 20.8 Å². The summed E-state index contributed by atoms with van der Waals surface area (Å²) in [7, 11) is 0. The first-order chi connectivity index (χ1) is 17.8. The van der Waals surface area contributed by atoms with Crippen LogP contribution in [0.15, 0.2) is 46.6 Å². The van der Waals surface area contributed by atoms with Crippen molar-refractivity contribution in [2.75, 3.05) is 13.1 Å². The number of hydrogen-bond donors (Lipinski definition) is 0. The smallest absolute Gasteiger partial charge is 0.242 e. The topological polar surface area (TPSA) is 63.9 Å². The van der Waals surface area contributed by atoms with Gasteiger partial charge in [0, 0.05) is 30.8 Å². The lowest BCUT2D eigenvalue weighted by Gasteiger charge is -2.31. The first-order valence-corrected chi connectivity index (χ1v) is 14.7. The molecule has 1 aliphatic heterocycles. The summed E-state index contributed by atoms with van der Waals surface area (Å²) >= 11 is 5.59. The molecule has 6 nitrogen and oxygen atoms in total. The summed E-state index contributed by atoms with van der Waals surface area (Å²) < 4.78 is 2.95. The number of benzene rings is 1. The van der Waals surface area contributed by atoms with E-state index < -0.39 is 0 Å². The van der Waals surface area contributed by atoms with E-state index in [4.69, 9.17) is 4.98 Å². The molecule has 0 bridgehead atoms. The number of thiazole rings is 1. The number of piperidine rings is 1. The van der Waals surface area contributed by atoms with Crippen molar-refractivity contribution in [2.24, 2.45) is 0 Å². The molecule has 4 heterocycles. The van der Waals surface area contributed by atoms with Crippen LogP contribution < -0.4 is 0 Å². The van der Waals surface area contributed by atoms with Gasteiger partial charge in [-0.15, -0.1) is 11.3 Å². The van der Waals surface area contributed by atoms with E-state index >= 15 is 0 Å². The Morgan fingerprint density at radius 2 is 1.86 bits per heavy atom. The van der Waals surface area contributed by atoms with E-state index in [2.05, 4.69) is 64.9 Å². The number of rotatable bonds is 5. The van der Waals surface area contributed by atoms with Crippen LogP contribution in [0.5, 0.6) is 0 Å². The van der Waals surface area contributed by atoms with Crippen molar-refractivity contribution in [3.05, 3.63) is 62.8 Å². The first kappa shape index (κ1) is 24.7. The highest BCUT2D eigenvalue weighted by Gasteiger charge is 2.29. The number of carbonyl (C=O) groups excluding carboxylic acids is 1. The summed E-state index contributed by atoms with van der Waals surface area (Å²) in [5.41, 5.74) is 6.78. The van der Waals surface area contributed by atoms with E-state index in [1.807, 2.05) is 21.6 Å². The zero-order valence-corrected chi connectivity index (χ0v) is 24.0. The van der Waals surface area contributed by atoms with Crippen molar-refractivity contribution < 1.29 is 4.79 Å². The van der Waals surface area contributed by atoms with Crippen LogP contribution in [0.25, 0.3) is 22.4 Å². The first-order valence-electron chi connectivity index (χ1n) is 13.1. The standard InChI is InChI=1S/C29H32BrN5OS/c1-29(2,3)22-14-20(18-6-7-18)13-21(15-22)25-26(30)37-28(33-25)19-8-11-34(12-9-19)24(36)16-35-17-32-23-5-4-10-31-27(23)35/h4-5,10,13-15,17-19H,6-9,11-12,16H2,1-3H3. The van der Waals surface area contributed by atoms with Gasteiger partial charge in [-0.1, -0.05) is 26.8 Å². The third kappa shape index (κ3) is 5.10. The maximum absolute atomic E-state index is 13.0. The lowest BCUT2D eigenvalue weighted by atomic mass is 9.84. The zero-order chi connectivity index (χ0) is 25.7. The van der Waals surface area contributed by atoms with Crippen molar-refractivity contribution in [2.45, 2.75) is 70.3 Å². The fraction of sp³-hybridized carbons (Fsp3) is 0.448. The zero-order valence-electron chi connectivity index (χ0n) is 21.6. The molecule has 1 saturated heterocycles. The maximum Gasteiger partial charge on any atom is 0.242 e. The molecule has 0 radical (unpaired) electrons. The van der Waals surface area contributed by atoms with Gasteiger partial charge in [-0.3, -0.25) is 4.79 Å². The van der Waals surface area contributed by atoms with Gasteiger partial charge in [0.1, 0.15) is 12.1 Å². The Bertz CT molecular complexity index is 1460. The normalized spacial score (nSPS) is 17.0. The molecule has 0 spiro atoms. The Kier molecular flexibility index (Phi) is 6.43. The molecule has 1 aliphatic carbocycles. The molecule has 6 rings (SSSR count). The fourth-order valence-corrected chi connectivity index (χ4v) is 6.98. The Balaban J connectivity index is 1.16. The summed E-state index contributed by atoms with van der Waals surface area (Å²) in [6.07, 6.45) is 7.90. The molecule has 192 valence electrons. The molecule has 0 N–H and O–H groups in total. The Morgan fingerprint density at radius 3 is 2.59 bits per heavy atom. The average molecular weight is 579 g/mol. The van der Waals surface area contributed by atoms with Crippen LogP contribution in [-0.4, -0.2) is 43.4 Å². The van der Waals surface area contributed by atoms with E-state index in [1.165, 1.54) is 34.5 Å². The maximum atomic E-state index is 13.0. The van der Waals surface area contributed by atoms with Crippen LogP contribution >= 0.6 is 27.3 Å². The monoisotopic (exact) mass is 577 g/mol. The number of aromatic nitrogens is 4. The van der Waals surface area contributed by atoms with Crippen molar-refractivity contribution >= 4 is 44.3 Å². The van der Waals surface area contributed by atoms with Gasteiger partial charge in [-0.05, 0) is 88.3 Å². The van der Waals surface area contributed by atoms with Crippen LogP contribution in [0.1, 0.15) is 74.4 Å². The van der Waals surface area contributed by atoms with Crippen molar-refractivity contribution in [1.29, 1.82) is 0 Å². The number of halogens is 1. The number of likely N-dealkylation sites (tertiary alicyclic amines) is 1. The van der Waals surface area contributed by atoms with Crippen molar-refractivity contribution in [1.82, 2.24) is 24.4 Å². The second-order valence-corrected chi connectivity index (χ2v) is 13.8. The highest BCUT2D eigenvalue weighted by molar-refractivity contribution is 9.11. The lowest BCUT2D eigenvalue weighted by Crippen LogP contribution is -2.39. The molecule has 2 fully saturated rings. The van der Waals surface area contributed by atoms with Gasteiger partial charge >= 0.3 is 0 Å². The largest absolute Gasteiger partial charge is 0.341 e. The Labute approximate surface area is 230 Å². The van der Waals surface area contributed by atoms with Crippen LogP contribution in [0.4, 0.5) is 0 Å². The highest BCUT2D eigenvalue weighted by Crippen LogP contribution is 2.45. The molecular formula is C29H32BrN5OS. The second kappa shape index (κ2) is 9.62. The predicted octanol–water partition coefficient (Wildman–Crippen LogP) is 6.90. The van der Waals surface area contributed by atoms with E-state index in [9.17, 15) is 4.79 Å². The van der Waals surface area contributed by atoms with Crippen LogP contribution in [-0.2, 0) is 16.8 Å². The van der Waals surface area contributed by atoms with E-state index in [-0.39, 0.29) is 17.9 Å². The third-order valence-electron chi connectivity index (χ3n) is 7.62. The Morgan fingerprint density at radius 1 is 1.08 bits per heavy atom. The number of fused-ring (bicyclic) bond motifs is 1. The summed E-state index contributed by atoms with van der Waals surface area (Å²) in [6.45, 7) is 8.63. The molecule has 2 aliphatic rings. The predicted molar refractivity (Wildman–Crippen MR) is 152 cm³/mol. The molecule has 4 aromatic rings. The molecular weight excluding hydrogens is 546 g/mol. The van der Waals surface area contributed by atoms with Crippen molar-refractivity contribution in [3.63, 3.8) is 0 Å². The van der Waals surface area contributed by atoms with E-state index in [0.29, 0.717) is 11.8 Å². The minimum Gasteiger partial charge on any atom is -0.341 e. The fourth-order valence-electron chi connectivity index (χ4n) is 5.18. The van der Waals surface area contributed by atoms with Gasteiger partial charge < -0.3 is 9.47 Å². The van der Waals surface area contributed by atoms with Crippen molar-refractivity contribution in [3.8, 4) is 11.3 Å². The van der Waals surface area contributed by atoms with Gasteiger partial charge in [0.2, 0.25) is 5.91 Å². The third-order valence-corrected chi connectivity index (χ3v) is 9.49. The van der Waals surface area contributed by atoms with Crippen LogP contribution in [0.3, 0.4) is 0 Å². The molecule has 1 aromatic carbocycles. The second-order valence-electron chi connectivity index (χ2n) is 11.4. The Hall–Kier alpha value is -2.58. The average Bonchev–Trinajstić information content (AvgIpc) is 3.56. The quantitative estimate of drug-likeness (QED) is 0.259. The number of carbonyl (C=O) groups is 1. The minimum atomic E-state index is 0.101. The van der Waals surface area contributed by atoms with Gasteiger partial charge in [0.15, 0.2) is 5.65 Å². The van der Waals surface area contributed by atoms with Gasteiger partial charge in [0.25, 0.3) is 0 Å². The number of amides is 1. The summed E-state index contributed by atoms with van der Waals surface area (Å²) in [4.78, 5) is 28.9. The number of hydrogen-bond acceptors (Lipinski definition) is 5.